The van der Waals surface area contributed by atoms with E-state index in [1.807, 2.05) is 11.8 Å². The predicted octanol–water partition coefficient (Wildman–Crippen LogP) is 2.17. The summed E-state index contributed by atoms with van der Waals surface area (Å²) < 4.78 is 0. The van der Waals surface area contributed by atoms with Gasteiger partial charge < -0.3 is 15.3 Å². The summed E-state index contributed by atoms with van der Waals surface area (Å²) in [6, 6.07) is -0.865. The first kappa shape index (κ1) is 16.1. The quantitative estimate of drug-likeness (QED) is 0.672. The van der Waals surface area contributed by atoms with E-state index in [4.69, 9.17) is 5.11 Å². The molecular formula is C13H24N2O3S. The highest BCUT2D eigenvalue weighted by Crippen LogP contribution is 2.17. The van der Waals surface area contributed by atoms with Crippen LogP contribution >= 0.6 is 11.8 Å². The highest BCUT2D eigenvalue weighted by molar-refractivity contribution is 7.98. The molecule has 2 N–H and O–H groups in total. The van der Waals surface area contributed by atoms with E-state index in [1.54, 1.807) is 0 Å². The number of hydrogen-bond acceptors (Lipinski definition) is 3. The number of amides is 2. The number of rotatable bonds is 8. The van der Waals surface area contributed by atoms with Gasteiger partial charge in [0, 0.05) is 13.1 Å². The zero-order valence-electron chi connectivity index (χ0n) is 11.6. The lowest BCUT2D eigenvalue weighted by Crippen LogP contribution is -2.46. The molecule has 19 heavy (non-hydrogen) atoms. The zero-order valence-corrected chi connectivity index (χ0v) is 12.4. The van der Waals surface area contributed by atoms with Crippen molar-refractivity contribution in [1.29, 1.82) is 0 Å². The molecule has 1 atom stereocenters. The van der Waals surface area contributed by atoms with E-state index >= 15 is 0 Å². The van der Waals surface area contributed by atoms with Gasteiger partial charge in [-0.05, 0) is 37.7 Å². The van der Waals surface area contributed by atoms with Crippen molar-refractivity contribution in [3.8, 4) is 0 Å². The summed E-state index contributed by atoms with van der Waals surface area (Å²) in [5, 5.41) is 11.8. The fourth-order valence-electron chi connectivity index (χ4n) is 2.29. The molecule has 110 valence electrons. The van der Waals surface area contributed by atoms with Gasteiger partial charge in [-0.25, -0.2) is 9.59 Å². The number of hydrogen-bond donors (Lipinski definition) is 2. The zero-order chi connectivity index (χ0) is 14.1. The third-order valence-electron chi connectivity index (χ3n) is 3.35. The number of carboxylic acids is 1. The Morgan fingerprint density at radius 2 is 2.05 bits per heavy atom. The van der Waals surface area contributed by atoms with Crippen molar-refractivity contribution in [3.63, 3.8) is 0 Å². The minimum absolute atomic E-state index is 0.228. The van der Waals surface area contributed by atoms with Gasteiger partial charge in [-0.1, -0.05) is 12.8 Å². The van der Waals surface area contributed by atoms with Crippen LogP contribution in [0.5, 0.6) is 0 Å². The first-order valence-corrected chi connectivity index (χ1v) is 8.32. The van der Waals surface area contributed by atoms with Crippen molar-refractivity contribution in [3.05, 3.63) is 0 Å². The number of urea groups is 1. The summed E-state index contributed by atoms with van der Waals surface area (Å²) in [5.41, 5.74) is 0. The van der Waals surface area contributed by atoms with Crippen molar-refractivity contribution < 1.29 is 14.7 Å². The van der Waals surface area contributed by atoms with Crippen molar-refractivity contribution in [2.75, 3.05) is 25.1 Å². The Labute approximate surface area is 119 Å². The Morgan fingerprint density at radius 1 is 1.32 bits per heavy atom. The van der Waals surface area contributed by atoms with E-state index in [-0.39, 0.29) is 6.03 Å². The van der Waals surface area contributed by atoms with Gasteiger partial charge in [-0.15, -0.1) is 0 Å². The Hall–Kier alpha value is -0.910. The first-order chi connectivity index (χ1) is 9.16. The van der Waals surface area contributed by atoms with Crippen LogP contribution in [0.2, 0.25) is 0 Å². The summed E-state index contributed by atoms with van der Waals surface area (Å²) in [6.07, 6.45) is 7.95. The molecule has 1 saturated heterocycles. The van der Waals surface area contributed by atoms with Crippen LogP contribution in [-0.4, -0.2) is 53.1 Å². The number of nitrogens with zero attached hydrogens (tertiary/aromatic N) is 1. The molecule has 6 heteroatoms. The lowest BCUT2D eigenvalue weighted by atomic mass is 10.2. The van der Waals surface area contributed by atoms with Gasteiger partial charge in [-0.3, -0.25) is 0 Å². The second-order valence-corrected chi connectivity index (χ2v) is 5.81. The molecule has 0 aliphatic carbocycles. The molecule has 0 saturated carbocycles. The molecule has 0 spiro atoms. The smallest absolute Gasteiger partial charge is 0.326 e. The summed E-state index contributed by atoms with van der Waals surface area (Å²) >= 11 is 1.86. The van der Waals surface area contributed by atoms with Gasteiger partial charge in [-0.2, -0.15) is 11.8 Å². The number of carbonyl (C=O) groups excluding carboxylic acids is 1. The SMILES string of the molecule is CSCCCCCCNC(=O)N1CCCC1C(=O)O. The predicted molar refractivity (Wildman–Crippen MR) is 77.6 cm³/mol. The molecule has 0 bridgehead atoms. The summed E-state index contributed by atoms with van der Waals surface area (Å²) in [7, 11) is 0. The monoisotopic (exact) mass is 288 g/mol. The molecule has 0 radical (unpaired) electrons. The number of unbranched alkanes of at least 4 members (excludes halogenated alkanes) is 3. The first-order valence-electron chi connectivity index (χ1n) is 6.93. The molecule has 1 aliphatic rings. The largest absolute Gasteiger partial charge is 0.480 e. The second kappa shape index (κ2) is 9.07. The van der Waals surface area contributed by atoms with Crippen LogP contribution in [0.1, 0.15) is 38.5 Å². The van der Waals surface area contributed by atoms with E-state index in [1.165, 1.54) is 23.5 Å². The molecule has 0 aromatic rings. The molecule has 5 nitrogen and oxygen atoms in total. The Morgan fingerprint density at radius 3 is 2.74 bits per heavy atom. The van der Waals surface area contributed by atoms with Gasteiger partial charge >= 0.3 is 12.0 Å². The number of thioether (sulfide) groups is 1. The minimum Gasteiger partial charge on any atom is -0.480 e. The molecule has 2 amide bonds. The summed E-state index contributed by atoms with van der Waals surface area (Å²) in [5.74, 6) is 0.296. The van der Waals surface area contributed by atoms with Crippen molar-refractivity contribution >= 4 is 23.8 Å². The minimum atomic E-state index is -0.898. The Kier molecular flexibility index (Phi) is 7.70. The van der Waals surface area contributed by atoms with Gasteiger partial charge in [0.25, 0.3) is 0 Å². The van der Waals surface area contributed by atoms with E-state index in [9.17, 15) is 9.59 Å². The topological polar surface area (TPSA) is 69.6 Å². The molecular weight excluding hydrogens is 264 g/mol. The van der Waals surface area contributed by atoms with Crippen molar-refractivity contribution in [2.45, 2.75) is 44.6 Å². The average Bonchev–Trinajstić information content (AvgIpc) is 2.87. The maximum absolute atomic E-state index is 11.8. The maximum Gasteiger partial charge on any atom is 0.326 e. The number of likely N-dealkylation sites (tertiary alicyclic amines) is 1. The third kappa shape index (κ3) is 5.72. The standard InChI is InChI=1S/C13H24N2O3S/c1-19-10-5-3-2-4-8-14-13(18)15-9-6-7-11(15)12(16)17/h11H,2-10H2,1H3,(H,14,18)(H,16,17). The molecule has 1 unspecified atom stereocenters. The lowest BCUT2D eigenvalue weighted by Gasteiger charge is -2.21. The number of nitrogens with one attached hydrogen (secondary N) is 1. The van der Waals surface area contributed by atoms with E-state index < -0.39 is 12.0 Å². The maximum atomic E-state index is 11.8. The average molecular weight is 288 g/mol. The number of aliphatic carboxylic acids is 1. The highest BCUT2D eigenvalue weighted by Gasteiger charge is 2.33. The molecule has 1 heterocycles. The molecule has 1 aliphatic heterocycles. The third-order valence-corrected chi connectivity index (χ3v) is 4.05. The molecule has 0 aromatic heterocycles. The lowest BCUT2D eigenvalue weighted by molar-refractivity contribution is -0.141. The molecule has 1 fully saturated rings. The van der Waals surface area contributed by atoms with Gasteiger partial charge in [0.1, 0.15) is 6.04 Å². The van der Waals surface area contributed by atoms with Gasteiger partial charge in [0.05, 0.1) is 0 Å². The van der Waals surface area contributed by atoms with Crippen LogP contribution in [0, 0.1) is 0 Å². The normalized spacial score (nSPS) is 18.6. The summed E-state index contributed by atoms with van der Waals surface area (Å²) in [6.45, 7) is 1.19. The number of carbonyl (C=O) groups is 2. The van der Waals surface area contributed by atoms with Crippen LogP contribution in [0.3, 0.4) is 0 Å². The highest BCUT2D eigenvalue weighted by atomic mass is 32.2. The molecule has 1 rings (SSSR count). The fraction of sp³-hybridized carbons (Fsp3) is 0.846. The number of carboxylic acid groups (broad SMARTS) is 1. The van der Waals surface area contributed by atoms with Crippen molar-refractivity contribution in [2.24, 2.45) is 0 Å². The van der Waals surface area contributed by atoms with Crippen LogP contribution in [0.15, 0.2) is 0 Å². The van der Waals surface area contributed by atoms with Crippen LogP contribution < -0.4 is 5.32 Å². The van der Waals surface area contributed by atoms with Gasteiger partial charge in [0.2, 0.25) is 0 Å². The van der Waals surface area contributed by atoms with E-state index in [0.717, 1.165) is 19.3 Å². The van der Waals surface area contributed by atoms with Crippen LogP contribution in [0.4, 0.5) is 4.79 Å². The van der Waals surface area contributed by atoms with E-state index in [0.29, 0.717) is 19.5 Å². The second-order valence-electron chi connectivity index (χ2n) is 4.83. The molecule has 0 aromatic carbocycles. The Bertz CT molecular complexity index is 300. The van der Waals surface area contributed by atoms with Crippen LogP contribution in [0.25, 0.3) is 0 Å². The Balaban J connectivity index is 2.12. The van der Waals surface area contributed by atoms with Crippen molar-refractivity contribution in [1.82, 2.24) is 10.2 Å². The van der Waals surface area contributed by atoms with Crippen LogP contribution in [-0.2, 0) is 4.79 Å². The van der Waals surface area contributed by atoms with Gasteiger partial charge in [0.15, 0.2) is 0 Å². The fourth-order valence-corrected chi connectivity index (χ4v) is 2.78. The summed E-state index contributed by atoms with van der Waals surface area (Å²) in [4.78, 5) is 24.3. The van der Waals surface area contributed by atoms with E-state index in [2.05, 4.69) is 11.6 Å².